The van der Waals surface area contributed by atoms with Gasteiger partial charge in [-0.15, -0.1) is 0 Å². The molecule has 1 aromatic rings. The summed E-state index contributed by atoms with van der Waals surface area (Å²) in [5.74, 6) is 0.953. The number of nitrogen functional groups attached to an aromatic ring is 1. The molecular formula is C26H31NO3. The molecule has 30 heavy (non-hydrogen) atoms. The third kappa shape index (κ3) is 2.62. The van der Waals surface area contributed by atoms with Crippen LogP contribution in [-0.2, 0) is 9.59 Å². The zero-order chi connectivity index (χ0) is 21.3. The average Bonchev–Trinajstić information content (AvgIpc) is 2.99. The van der Waals surface area contributed by atoms with E-state index in [1.54, 1.807) is 6.92 Å². The number of hydrogen-bond acceptors (Lipinski definition) is 4. The second-order valence-electron chi connectivity index (χ2n) is 10.1. The van der Waals surface area contributed by atoms with Crippen LogP contribution in [0.1, 0.15) is 70.3 Å². The van der Waals surface area contributed by atoms with Crippen LogP contribution in [0.3, 0.4) is 0 Å². The molecule has 0 radical (unpaired) electrons. The molecule has 0 amide bonds. The van der Waals surface area contributed by atoms with Crippen molar-refractivity contribution in [3.05, 3.63) is 52.6 Å². The number of benzene rings is 1. The molecule has 0 aliphatic heterocycles. The van der Waals surface area contributed by atoms with E-state index in [9.17, 15) is 14.7 Å². The van der Waals surface area contributed by atoms with Gasteiger partial charge in [-0.25, -0.2) is 0 Å². The summed E-state index contributed by atoms with van der Waals surface area (Å²) >= 11 is 0. The highest BCUT2D eigenvalue weighted by atomic mass is 16.3. The van der Waals surface area contributed by atoms with Crippen molar-refractivity contribution in [2.45, 2.75) is 70.3 Å². The highest BCUT2D eigenvalue weighted by molar-refractivity contribution is 5.93. The second-order valence-corrected chi connectivity index (χ2v) is 10.1. The van der Waals surface area contributed by atoms with Crippen molar-refractivity contribution < 1.29 is 14.7 Å². The highest BCUT2D eigenvalue weighted by Gasteiger charge is 2.64. The van der Waals surface area contributed by atoms with Gasteiger partial charge in [-0.05, 0) is 92.2 Å². The first-order chi connectivity index (χ1) is 14.2. The molecule has 4 nitrogen and oxygen atoms in total. The van der Waals surface area contributed by atoms with Gasteiger partial charge in [-0.3, -0.25) is 9.59 Å². The number of fused-ring (bicyclic) bond motifs is 4. The van der Waals surface area contributed by atoms with Gasteiger partial charge >= 0.3 is 0 Å². The third-order valence-electron chi connectivity index (χ3n) is 8.81. The van der Waals surface area contributed by atoms with E-state index in [-0.39, 0.29) is 17.5 Å². The fraction of sp³-hybridized carbons (Fsp3) is 0.538. The molecule has 0 saturated heterocycles. The molecule has 0 heterocycles. The number of nitrogens with two attached hydrogens (primary N) is 1. The van der Waals surface area contributed by atoms with Crippen LogP contribution in [0.2, 0.25) is 0 Å². The summed E-state index contributed by atoms with van der Waals surface area (Å²) < 4.78 is 0. The number of rotatable bonds is 2. The van der Waals surface area contributed by atoms with Gasteiger partial charge in [0.1, 0.15) is 5.60 Å². The summed E-state index contributed by atoms with van der Waals surface area (Å²) in [5.41, 5.74) is 10.3. The topological polar surface area (TPSA) is 80.4 Å². The predicted octanol–water partition coefficient (Wildman–Crippen LogP) is 4.49. The van der Waals surface area contributed by atoms with Crippen LogP contribution in [0, 0.1) is 17.3 Å². The minimum atomic E-state index is -1.25. The number of ketones is 2. The zero-order valence-electron chi connectivity index (χ0n) is 17.9. The van der Waals surface area contributed by atoms with Crippen molar-refractivity contribution in [3.8, 4) is 0 Å². The van der Waals surface area contributed by atoms with Crippen LogP contribution in [0.4, 0.5) is 5.69 Å². The SMILES string of the molecule is CC(=O)[C@@]1(O)CCC2C3CCC4=CC(=O)CCC4=C3C(c3ccc(N)cc3)C[C@@]21C. The van der Waals surface area contributed by atoms with Gasteiger partial charge in [0, 0.05) is 23.4 Å². The lowest BCUT2D eigenvalue weighted by molar-refractivity contribution is -0.152. The number of allylic oxidation sites excluding steroid dienone is 4. The Morgan fingerprint density at radius 2 is 1.87 bits per heavy atom. The summed E-state index contributed by atoms with van der Waals surface area (Å²) in [6.45, 7) is 3.70. The van der Waals surface area contributed by atoms with Gasteiger partial charge in [0.15, 0.2) is 11.6 Å². The van der Waals surface area contributed by atoms with Crippen LogP contribution < -0.4 is 5.73 Å². The van der Waals surface area contributed by atoms with Crippen LogP contribution in [0.15, 0.2) is 47.1 Å². The molecule has 3 N–H and O–H groups in total. The van der Waals surface area contributed by atoms with Crippen molar-refractivity contribution in [2.75, 3.05) is 5.73 Å². The Kier molecular flexibility index (Phi) is 4.38. The van der Waals surface area contributed by atoms with E-state index in [1.165, 1.54) is 22.3 Å². The smallest absolute Gasteiger partial charge is 0.161 e. The van der Waals surface area contributed by atoms with Crippen LogP contribution >= 0.6 is 0 Å². The first kappa shape index (κ1) is 19.7. The molecule has 0 aromatic heterocycles. The van der Waals surface area contributed by atoms with Crippen molar-refractivity contribution >= 4 is 17.3 Å². The number of hydrogen-bond donors (Lipinski definition) is 2. The molecule has 1 aromatic carbocycles. The summed E-state index contributed by atoms with van der Waals surface area (Å²) in [6.07, 6.45) is 7.40. The third-order valence-corrected chi connectivity index (χ3v) is 8.81. The Morgan fingerprint density at radius 1 is 1.13 bits per heavy atom. The van der Waals surface area contributed by atoms with Crippen molar-refractivity contribution in [1.82, 2.24) is 0 Å². The summed E-state index contributed by atoms with van der Waals surface area (Å²) in [7, 11) is 0. The van der Waals surface area contributed by atoms with Gasteiger partial charge < -0.3 is 10.8 Å². The Balaban J connectivity index is 1.70. The minimum absolute atomic E-state index is 0.0979. The predicted molar refractivity (Wildman–Crippen MR) is 117 cm³/mol. The first-order valence-electron chi connectivity index (χ1n) is 11.3. The maximum Gasteiger partial charge on any atom is 0.161 e. The molecule has 5 atom stereocenters. The molecule has 4 aliphatic carbocycles. The van der Waals surface area contributed by atoms with Crippen LogP contribution in [-0.4, -0.2) is 22.3 Å². The fourth-order valence-electron chi connectivity index (χ4n) is 7.27. The molecule has 0 spiro atoms. The van der Waals surface area contributed by atoms with Crippen LogP contribution in [0.25, 0.3) is 0 Å². The molecule has 2 saturated carbocycles. The quantitative estimate of drug-likeness (QED) is 0.711. The fourth-order valence-corrected chi connectivity index (χ4v) is 7.27. The summed E-state index contributed by atoms with van der Waals surface area (Å²) in [5, 5.41) is 11.5. The Bertz CT molecular complexity index is 988. The average molecular weight is 406 g/mol. The Morgan fingerprint density at radius 3 is 2.57 bits per heavy atom. The number of Topliss-reactive ketones (excluding diaryl/α,β-unsaturated/α-hetero) is 1. The Labute approximate surface area is 178 Å². The largest absolute Gasteiger partial charge is 0.399 e. The van der Waals surface area contributed by atoms with Crippen molar-refractivity contribution in [2.24, 2.45) is 17.3 Å². The Hall–Kier alpha value is -2.20. The standard InChI is InChI=1S/C26H31NO3/c1-15(28)26(30)12-11-23-21-9-5-17-13-19(29)8-10-20(17)24(21)22(14-25(23,26)2)16-3-6-18(27)7-4-16/h3-4,6-7,13,21-23,30H,5,8-12,14,27H2,1-2H3/t21?,22?,23?,25-,26-/m0/s1. The van der Waals surface area contributed by atoms with E-state index in [0.717, 1.165) is 37.8 Å². The van der Waals surface area contributed by atoms with E-state index < -0.39 is 11.0 Å². The van der Waals surface area contributed by atoms with E-state index in [1.807, 2.05) is 18.2 Å². The van der Waals surface area contributed by atoms with Gasteiger partial charge in [0.05, 0.1) is 0 Å². The van der Waals surface area contributed by atoms with E-state index in [0.29, 0.717) is 24.7 Å². The molecule has 4 aliphatic rings. The zero-order valence-corrected chi connectivity index (χ0v) is 17.9. The molecule has 3 unspecified atom stereocenters. The van der Waals surface area contributed by atoms with Crippen molar-refractivity contribution in [1.29, 1.82) is 0 Å². The van der Waals surface area contributed by atoms with Gasteiger partial charge in [-0.2, -0.15) is 0 Å². The lowest BCUT2D eigenvalue weighted by Gasteiger charge is -2.54. The molecule has 5 rings (SSSR count). The first-order valence-corrected chi connectivity index (χ1v) is 11.3. The lowest BCUT2D eigenvalue weighted by Crippen LogP contribution is -2.55. The number of aliphatic hydroxyl groups is 1. The van der Waals surface area contributed by atoms with Crippen molar-refractivity contribution in [3.63, 3.8) is 0 Å². The van der Waals surface area contributed by atoms with E-state index in [4.69, 9.17) is 5.73 Å². The van der Waals surface area contributed by atoms with Crippen LogP contribution in [0.5, 0.6) is 0 Å². The molecule has 0 bridgehead atoms. The molecule has 2 fully saturated rings. The molecule has 4 heteroatoms. The van der Waals surface area contributed by atoms with Gasteiger partial charge in [0.2, 0.25) is 0 Å². The number of carbonyl (C=O) groups is 2. The minimum Gasteiger partial charge on any atom is -0.399 e. The van der Waals surface area contributed by atoms with E-state index >= 15 is 0 Å². The van der Waals surface area contributed by atoms with Gasteiger partial charge in [0.25, 0.3) is 0 Å². The number of carbonyl (C=O) groups excluding carboxylic acids is 2. The second kappa shape index (κ2) is 6.65. The summed E-state index contributed by atoms with van der Waals surface area (Å²) in [6, 6.07) is 8.09. The molecular weight excluding hydrogens is 374 g/mol. The molecule has 158 valence electrons. The highest BCUT2D eigenvalue weighted by Crippen LogP contribution is 2.66. The number of anilines is 1. The monoisotopic (exact) mass is 405 g/mol. The normalized spacial score (nSPS) is 37.9. The van der Waals surface area contributed by atoms with Gasteiger partial charge in [-0.1, -0.05) is 24.6 Å². The van der Waals surface area contributed by atoms with E-state index in [2.05, 4.69) is 19.1 Å². The maximum atomic E-state index is 12.6. The summed E-state index contributed by atoms with van der Waals surface area (Å²) in [4.78, 5) is 24.7. The maximum absolute atomic E-state index is 12.6. The lowest BCUT2D eigenvalue weighted by atomic mass is 9.51.